The van der Waals surface area contributed by atoms with Crippen LogP contribution in [0, 0.1) is 11.2 Å². The number of amides is 5. The second-order valence-corrected chi connectivity index (χ2v) is 9.51. The fourth-order valence-electron chi connectivity index (χ4n) is 5.92. The summed E-state index contributed by atoms with van der Waals surface area (Å²) in [6.07, 6.45) is -1.81. The fourth-order valence-corrected chi connectivity index (χ4v) is 5.92. The zero-order valence-electron chi connectivity index (χ0n) is 19.1. The van der Waals surface area contributed by atoms with E-state index in [1.165, 1.54) is 4.90 Å². The molecule has 0 saturated carbocycles. The Morgan fingerprint density at radius 3 is 2.51 bits per heavy atom. The van der Waals surface area contributed by atoms with Crippen LogP contribution in [0.25, 0.3) is 11.0 Å². The number of fused-ring (bicyclic) bond motifs is 5. The van der Waals surface area contributed by atoms with Crippen LogP contribution >= 0.6 is 0 Å². The molecular formula is C22H22FN5O7. The quantitative estimate of drug-likeness (QED) is 0.567. The van der Waals surface area contributed by atoms with E-state index in [1.807, 2.05) is 6.92 Å². The maximum Gasteiger partial charge on any atom is 0.416 e. The number of hydrogen-bond donors (Lipinski definition) is 2. The minimum absolute atomic E-state index is 0.0873. The first-order chi connectivity index (χ1) is 16.6. The third-order valence-electron chi connectivity index (χ3n) is 7.26. The van der Waals surface area contributed by atoms with E-state index in [0.29, 0.717) is 5.56 Å². The van der Waals surface area contributed by atoms with Crippen molar-refractivity contribution in [2.24, 2.45) is 5.41 Å². The molecule has 0 radical (unpaired) electrons. The van der Waals surface area contributed by atoms with Gasteiger partial charge in [0.25, 0.3) is 0 Å². The molecule has 2 aromatic rings. The average molecular weight is 487 g/mol. The number of carbonyl (C=O) groups is 4. The lowest BCUT2D eigenvalue weighted by Crippen LogP contribution is -2.75. The highest BCUT2D eigenvalue weighted by atomic mass is 19.1. The van der Waals surface area contributed by atoms with Gasteiger partial charge in [0, 0.05) is 13.0 Å². The lowest BCUT2D eigenvalue weighted by atomic mass is 9.66. The molecular weight excluding hydrogens is 465 g/mol. The summed E-state index contributed by atoms with van der Waals surface area (Å²) in [4.78, 5) is 53.6. The Bertz CT molecular complexity index is 1300. The molecule has 2 N–H and O–H groups in total. The Labute approximate surface area is 197 Å². The lowest BCUT2D eigenvalue weighted by Gasteiger charge is -2.55. The number of benzene rings is 1. The van der Waals surface area contributed by atoms with Crippen molar-refractivity contribution >= 4 is 46.4 Å². The molecule has 5 amide bonds. The van der Waals surface area contributed by atoms with Gasteiger partial charge >= 0.3 is 12.1 Å². The number of aromatic nitrogens is 1. The summed E-state index contributed by atoms with van der Waals surface area (Å²) >= 11 is 0. The second-order valence-electron chi connectivity index (χ2n) is 9.51. The SMILES string of the molecule is C[C@@H]1CN2c3c(cc4c(N5C(=O)OC[C@@H]5C)noc4c3F)CC3(C(=O)NC(=O)NC3=O)[C@H]2[C@@H](C)O1. The minimum atomic E-state index is -1.75. The second kappa shape index (κ2) is 7.13. The van der Waals surface area contributed by atoms with E-state index in [2.05, 4.69) is 15.8 Å². The first-order valence-corrected chi connectivity index (χ1v) is 11.3. The summed E-state index contributed by atoms with van der Waals surface area (Å²) in [5.74, 6) is -2.19. The monoisotopic (exact) mass is 487 g/mol. The number of imide groups is 2. The molecule has 1 spiro atoms. The van der Waals surface area contributed by atoms with Gasteiger partial charge < -0.3 is 18.9 Å². The number of urea groups is 1. The number of morpholine rings is 1. The van der Waals surface area contributed by atoms with Gasteiger partial charge in [0.15, 0.2) is 17.1 Å². The van der Waals surface area contributed by atoms with Crippen LogP contribution in [0.5, 0.6) is 0 Å². The van der Waals surface area contributed by atoms with Crippen molar-refractivity contribution in [2.45, 2.75) is 51.5 Å². The van der Waals surface area contributed by atoms with Gasteiger partial charge in [-0.15, -0.1) is 0 Å². The molecule has 3 saturated heterocycles. The van der Waals surface area contributed by atoms with Crippen molar-refractivity contribution in [1.29, 1.82) is 0 Å². The Morgan fingerprint density at radius 2 is 1.86 bits per heavy atom. The topological polar surface area (TPSA) is 143 Å². The van der Waals surface area contributed by atoms with Gasteiger partial charge in [-0.3, -0.25) is 25.1 Å². The van der Waals surface area contributed by atoms with Gasteiger partial charge in [-0.25, -0.2) is 14.0 Å². The number of nitrogens with one attached hydrogen (secondary N) is 2. The van der Waals surface area contributed by atoms with Crippen molar-refractivity contribution in [1.82, 2.24) is 15.8 Å². The number of barbiturate groups is 1. The maximum atomic E-state index is 16.1. The smallest absolute Gasteiger partial charge is 0.416 e. The summed E-state index contributed by atoms with van der Waals surface area (Å²) < 4.78 is 32.4. The highest BCUT2D eigenvalue weighted by molar-refractivity contribution is 6.20. The number of hydrogen-bond acceptors (Lipinski definition) is 9. The summed E-state index contributed by atoms with van der Waals surface area (Å²) in [5, 5.41) is 8.55. The highest BCUT2D eigenvalue weighted by Crippen LogP contribution is 2.49. The van der Waals surface area contributed by atoms with Crippen molar-refractivity contribution < 1.29 is 37.6 Å². The number of anilines is 2. The zero-order valence-corrected chi connectivity index (χ0v) is 19.1. The van der Waals surface area contributed by atoms with Crippen molar-refractivity contribution in [2.75, 3.05) is 23.0 Å². The Kier molecular flexibility index (Phi) is 4.44. The van der Waals surface area contributed by atoms with Crippen LogP contribution in [-0.2, 0) is 25.5 Å². The zero-order chi connectivity index (χ0) is 24.8. The number of ether oxygens (including phenoxy) is 2. The molecule has 184 valence electrons. The van der Waals surface area contributed by atoms with Crippen LogP contribution in [0.2, 0.25) is 0 Å². The van der Waals surface area contributed by atoms with Crippen LogP contribution in [-0.4, -0.2) is 66.5 Å². The average Bonchev–Trinajstić information content (AvgIpc) is 3.33. The number of carbonyl (C=O) groups excluding carboxylic acids is 4. The predicted molar refractivity (Wildman–Crippen MR) is 116 cm³/mol. The Morgan fingerprint density at radius 1 is 1.14 bits per heavy atom. The first-order valence-electron chi connectivity index (χ1n) is 11.3. The number of nitrogens with zero attached hydrogens (tertiary/aromatic N) is 3. The van der Waals surface area contributed by atoms with E-state index in [0.717, 1.165) is 0 Å². The van der Waals surface area contributed by atoms with Gasteiger partial charge in [0.05, 0.1) is 35.4 Å². The Balaban J connectivity index is 1.58. The van der Waals surface area contributed by atoms with E-state index in [9.17, 15) is 19.2 Å². The third-order valence-corrected chi connectivity index (χ3v) is 7.26. The molecule has 4 aliphatic heterocycles. The maximum absolute atomic E-state index is 16.1. The predicted octanol–water partition coefficient (Wildman–Crippen LogP) is 1.20. The van der Waals surface area contributed by atoms with Crippen molar-refractivity contribution in [3.8, 4) is 0 Å². The van der Waals surface area contributed by atoms with Gasteiger partial charge in [-0.2, -0.15) is 0 Å². The van der Waals surface area contributed by atoms with Crippen LogP contribution in [0.3, 0.4) is 0 Å². The lowest BCUT2D eigenvalue weighted by molar-refractivity contribution is -0.153. The molecule has 1 aromatic heterocycles. The van der Waals surface area contributed by atoms with E-state index in [4.69, 9.17) is 14.0 Å². The molecule has 4 aliphatic rings. The summed E-state index contributed by atoms with van der Waals surface area (Å²) in [6, 6.07) is -0.572. The molecule has 3 fully saturated rings. The van der Waals surface area contributed by atoms with Crippen LogP contribution in [0.4, 0.5) is 25.5 Å². The van der Waals surface area contributed by atoms with Gasteiger partial charge in [0.1, 0.15) is 6.61 Å². The molecule has 5 heterocycles. The summed E-state index contributed by atoms with van der Waals surface area (Å²) in [7, 11) is 0. The highest BCUT2D eigenvalue weighted by Gasteiger charge is 2.63. The minimum Gasteiger partial charge on any atom is -0.447 e. The van der Waals surface area contributed by atoms with E-state index >= 15 is 4.39 Å². The van der Waals surface area contributed by atoms with Crippen molar-refractivity contribution in [3.05, 3.63) is 17.4 Å². The standard InChI is InChI=1S/C22H22FN5O7/c1-8-7-33-21(32)28(8)17-12-4-11-5-22(18(29)24-20(31)25-19(22)30)16-10(3)34-9(2)6-27(16)14(11)13(23)15(12)35-26-17/h4,8-10,16H,5-7H2,1-3H3,(H2,24,25,29,30,31)/t8-,9+,10+,16+/m0/s1. The number of rotatable bonds is 1. The van der Waals surface area contributed by atoms with Gasteiger partial charge in [-0.1, -0.05) is 5.16 Å². The van der Waals surface area contributed by atoms with Gasteiger partial charge in [0.2, 0.25) is 17.4 Å². The molecule has 12 nitrogen and oxygen atoms in total. The van der Waals surface area contributed by atoms with Crippen LogP contribution < -0.4 is 20.4 Å². The Hall–Kier alpha value is -3.74. The van der Waals surface area contributed by atoms with Crippen molar-refractivity contribution in [3.63, 3.8) is 0 Å². The fraction of sp³-hybridized carbons (Fsp3) is 0.500. The third kappa shape index (κ3) is 2.78. The normalized spacial score (nSPS) is 29.7. The molecule has 0 aliphatic carbocycles. The van der Waals surface area contributed by atoms with E-state index < -0.39 is 47.3 Å². The van der Waals surface area contributed by atoms with Crippen LogP contribution in [0.1, 0.15) is 26.3 Å². The largest absolute Gasteiger partial charge is 0.447 e. The summed E-state index contributed by atoms with van der Waals surface area (Å²) in [5.41, 5.74) is -1.39. The molecule has 4 atom stereocenters. The van der Waals surface area contributed by atoms with Crippen LogP contribution in [0.15, 0.2) is 10.6 Å². The van der Waals surface area contributed by atoms with E-state index in [1.54, 1.807) is 24.8 Å². The summed E-state index contributed by atoms with van der Waals surface area (Å²) in [6.45, 7) is 5.60. The molecule has 13 heteroatoms. The molecule has 0 unspecified atom stereocenters. The molecule has 35 heavy (non-hydrogen) atoms. The van der Waals surface area contributed by atoms with Gasteiger partial charge in [-0.05, 0) is 32.4 Å². The number of cyclic esters (lactones) is 1. The molecule has 1 aromatic carbocycles. The van der Waals surface area contributed by atoms with E-state index in [-0.39, 0.29) is 54.2 Å². The first kappa shape index (κ1) is 21.8. The molecule has 0 bridgehead atoms. The molecule has 6 rings (SSSR count). The number of halogens is 1.